The number of ether oxygens (including phenoxy) is 2. The third-order valence-corrected chi connectivity index (χ3v) is 5.29. The largest absolute Gasteiger partial charge is 0.508 e. The van der Waals surface area contributed by atoms with Gasteiger partial charge in [-0.15, -0.1) is 0 Å². The molecule has 1 N–H and O–H groups in total. The molecule has 3 unspecified atom stereocenters. The van der Waals surface area contributed by atoms with Crippen LogP contribution in [0.25, 0.3) is 0 Å². The van der Waals surface area contributed by atoms with Crippen LogP contribution in [0.1, 0.15) is 120 Å². The first kappa shape index (κ1) is 38.3. The summed E-state index contributed by atoms with van der Waals surface area (Å²) in [6, 6.07) is 15.8. The van der Waals surface area contributed by atoms with Gasteiger partial charge < -0.3 is 14.6 Å². The van der Waals surface area contributed by atoms with Gasteiger partial charge in [-0.1, -0.05) is 95.0 Å². The number of phenolic OH excluding ortho intramolecular Hbond substituents is 1. The monoisotopic (exact) mass is 464 g/mol. The molecule has 0 saturated carbocycles. The fraction of sp³-hybridized carbons (Fsp3) is 0.600. The molecule has 0 bridgehead atoms. The van der Waals surface area contributed by atoms with Crippen molar-refractivity contribution >= 4 is 0 Å². The fourth-order valence-corrected chi connectivity index (χ4v) is 2.77. The van der Waals surface area contributed by atoms with Gasteiger partial charge in [0.2, 0.25) is 0 Å². The third-order valence-electron chi connectivity index (χ3n) is 5.29. The Hall–Kier alpha value is -2.00. The molecule has 0 saturated heterocycles. The maximum Gasteiger partial charge on any atom is 0.196 e. The molecule has 0 aromatic heterocycles. The van der Waals surface area contributed by atoms with Crippen molar-refractivity contribution < 1.29 is 14.6 Å². The third kappa shape index (κ3) is 15.5. The zero-order valence-corrected chi connectivity index (χ0v) is 19.2. The lowest BCUT2D eigenvalue weighted by Gasteiger charge is -2.16. The molecule has 0 fully saturated rings. The van der Waals surface area contributed by atoms with Crippen LogP contribution >= 0.6 is 0 Å². The first-order valence-corrected chi connectivity index (χ1v) is 11.1. The molecule has 2 aromatic carbocycles. The second-order valence-corrected chi connectivity index (χ2v) is 7.69. The maximum atomic E-state index is 9.01. The van der Waals surface area contributed by atoms with Gasteiger partial charge in [-0.3, -0.25) is 0 Å². The Morgan fingerprint density at radius 3 is 1.52 bits per heavy atom. The lowest BCUT2D eigenvalue weighted by molar-refractivity contribution is -0.0673. The molecule has 3 heteroatoms. The van der Waals surface area contributed by atoms with Crippen molar-refractivity contribution in [3.8, 4) is 11.5 Å². The molecule has 0 heterocycles. The van der Waals surface area contributed by atoms with Crippen LogP contribution in [0, 0.1) is 0 Å². The van der Waals surface area contributed by atoms with Crippen LogP contribution in [0.4, 0.5) is 0 Å². The van der Waals surface area contributed by atoms with E-state index in [1.807, 2.05) is 31.2 Å². The standard InChI is InChI=1S/C16H26O2.C10H14O.4CH4/c1-5-7-12-17-14(4)18-16-10-8-15(9-11-16)13(3)6-2;1-3-8(2)9-4-6-10(11)7-5-9;;;;/h8-11,13-14H,5-7,12H2,1-4H3;4-8,11H,3H2,1-2H3;4*1H4. The molecule has 0 aliphatic carbocycles. The molecule has 0 amide bonds. The maximum absolute atomic E-state index is 9.01. The Balaban J connectivity index is -0.000000246. The molecule has 3 atom stereocenters. The minimum atomic E-state index is -0.175. The zero-order chi connectivity index (χ0) is 21.6. The Kier molecular flexibility index (Phi) is 25.3. The van der Waals surface area contributed by atoms with Crippen molar-refractivity contribution in [2.24, 2.45) is 0 Å². The van der Waals surface area contributed by atoms with E-state index in [0.717, 1.165) is 38.0 Å². The summed E-state index contributed by atoms with van der Waals surface area (Å²) in [5.41, 5.74) is 2.66. The highest BCUT2D eigenvalue weighted by atomic mass is 16.7. The van der Waals surface area contributed by atoms with Crippen LogP contribution in [0.5, 0.6) is 11.5 Å². The van der Waals surface area contributed by atoms with Crippen LogP contribution in [-0.4, -0.2) is 18.0 Å². The van der Waals surface area contributed by atoms with E-state index in [1.165, 1.54) is 11.1 Å². The van der Waals surface area contributed by atoms with Gasteiger partial charge in [0.05, 0.1) is 6.61 Å². The Morgan fingerprint density at radius 2 is 1.12 bits per heavy atom. The number of aromatic hydroxyl groups is 1. The molecular formula is C30H56O3. The molecule has 194 valence electrons. The van der Waals surface area contributed by atoms with Crippen LogP contribution in [0.2, 0.25) is 0 Å². The highest BCUT2D eigenvalue weighted by Gasteiger charge is 2.06. The number of benzene rings is 2. The Bertz CT molecular complexity index is 649. The minimum absolute atomic E-state index is 0. The summed E-state index contributed by atoms with van der Waals surface area (Å²) in [6.45, 7) is 13.7. The minimum Gasteiger partial charge on any atom is -0.508 e. The number of hydrogen-bond donors (Lipinski definition) is 1. The van der Waals surface area contributed by atoms with E-state index in [0.29, 0.717) is 17.6 Å². The van der Waals surface area contributed by atoms with Gasteiger partial charge in [0.1, 0.15) is 11.5 Å². The lowest BCUT2D eigenvalue weighted by Crippen LogP contribution is -2.16. The van der Waals surface area contributed by atoms with Crippen LogP contribution < -0.4 is 4.74 Å². The van der Waals surface area contributed by atoms with Crippen molar-refractivity contribution in [1.29, 1.82) is 0 Å². The van der Waals surface area contributed by atoms with Crippen molar-refractivity contribution in [3.05, 3.63) is 59.7 Å². The zero-order valence-electron chi connectivity index (χ0n) is 19.2. The molecule has 0 spiro atoms. The molecule has 33 heavy (non-hydrogen) atoms. The molecule has 2 aromatic rings. The van der Waals surface area contributed by atoms with Gasteiger partial charge in [-0.25, -0.2) is 0 Å². The highest BCUT2D eigenvalue weighted by Crippen LogP contribution is 2.22. The summed E-state index contributed by atoms with van der Waals surface area (Å²) in [5, 5.41) is 9.01. The second-order valence-electron chi connectivity index (χ2n) is 7.69. The smallest absolute Gasteiger partial charge is 0.196 e. The van der Waals surface area contributed by atoms with E-state index in [9.17, 15) is 0 Å². The molecular weight excluding hydrogens is 408 g/mol. The average molecular weight is 465 g/mol. The topological polar surface area (TPSA) is 38.7 Å². The Labute approximate surface area is 207 Å². The van der Waals surface area contributed by atoms with Crippen LogP contribution in [0.15, 0.2) is 48.5 Å². The first-order valence-electron chi connectivity index (χ1n) is 11.1. The summed E-state index contributed by atoms with van der Waals surface area (Å²) in [6.07, 6.45) is 4.37. The van der Waals surface area contributed by atoms with Gasteiger partial charge in [0.25, 0.3) is 0 Å². The van der Waals surface area contributed by atoms with Crippen molar-refractivity contribution in [2.45, 2.75) is 115 Å². The van der Waals surface area contributed by atoms with Crippen molar-refractivity contribution in [1.82, 2.24) is 0 Å². The predicted molar refractivity (Wildman–Crippen MR) is 150 cm³/mol. The van der Waals surface area contributed by atoms with E-state index < -0.39 is 0 Å². The number of phenols is 1. The van der Waals surface area contributed by atoms with Gasteiger partial charge in [0, 0.05) is 0 Å². The number of unbranched alkanes of at least 4 members (excludes halogenated alkanes) is 1. The van der Waals surface area contributed by atoms with E-state index in [2.05, 4.69) is 46.8 Å². The molecule has 2 rings (SSSR count). The summed E-state index contributed by atoms with van der Waals surface area (Å²) < 4.78 is 11.3. The average Bonchev–Trinajstić information content (AvgIpc) is 2.74. The van der Waals surface area contributed by atoms with Crippen LogP contribution in [-0.2, 0) is 4.74 Å². The van der Waals surface area contributed by atoms with E-state index in [-0.39, 0.29) is 36.0 Å². The van der Waals surface area contributed by atoms with Gasteiger partial charge in [0.15, 0.2) is 6.29 Å². The van der Waals surface area contributed by atoms with Gasteiger partial charge in [-0.2, -0.15) is 0 Å². The predicted octanol–water partition coefficient (Wildman–Crippen LogP) is 10.2. The van der Waals surface area contributed by atoms with Gasteiger partial charge in [-0.05, 0) is 73.4 Å². The number of hydrogen-bond acceptors (Lipinski definition) is 3. The summed E-state index contributed by atoms with van der Waals surface area (Å²) >= 11 is 0. The summed E-state index contributed by atoms with van der Waals surface area (Å²) in [4.78, 5) is 0. The molecule has 0 aliphatic rings. The summed E-state index contributed by atoms with van der Waals surface area (Å²) in [5.74, 6) is 2.43. The molecule has 0 radical (unpaired) electrons. The second kappa shape index (κ2) is 21.8. The van der Waals surface area contributed by atoms with Gasteiger partial charge >= 0.3 is 0 Å². The first-order chi connectivity index (χ1) is 13.9. The van der Waals surface area contributed by atoms with E-state index >= 15 is 0 Å². The Morgan fingerprint density at radius 1 is 0.697 bits per heavy atom. The number of rotatable bonds is 10. The van der Waals surface area contributed by atoms with E-state index in [1.54, 1.807) is 12.1 Å². The normalized spacial score (nSPS) is 12.1. The fourth-order valence-electron chi connectivity index (χ4n) is 2.77. The van der Waals surface area contributed by atoms with Crippen molar-refractivity contribution in [2.75, 3.05) is 6.61 Å². The van der Waals surface area contributed by atoms with E-state index in [4.69, 9.17) is 14.6 Å². The highest BCUT2D eigenvalue weighted by molar-refractivity contribution is 5.29. The quantitative estimate of drug-likeness (QED) is 0.281. The molecule has 0 aliphatic heterocycles. The van der Waals surface area contributed by atoms with Crippen molar-refractivity contribution in [3.63, 3.8) is 0 Å². The van der Waals surface area contributed by atoms with Crippen LogP contribution in [0.3, 0.4) is 0 Å². The lowest BCUT2D eigenvalue weighted by atomic mass is 9.99. The molecule has 3 nitrogen and oxygen atoms in total. The SMILES string of the molecule is C.C.C.C.CCC(C)c1ccc(O)cc1.CCCCOC(C)Oc1ccc(C(C)CC)cc1. The summed E-state index contributed by atoms with van der Waals surface area (Å²) in [7, 11) is 0.